The average molecular weight is 333 g/mol. The Labute approximate surface area is 138 Å². The standard InChI is InChI=1S/C16H19N3O5/c1-3-17-16(22)10(2)18-14(20)9-23-15(21)8-12-11-6-4-5-7-13(11)24-19-12/h4-7,10H,3,8-9H2,1-2H3,(H,17,22)(H,18,20)/t10-/m1/s1. The van der Waals surface area contributed by atoms with E-state index < -0.39 is 24.5 Å². The van der Waals surface area contributed by atoms with E-state index in [2.05, 4.69) is 15.8 Å². The van der Waals surface area contributed by atoms with Crippen molar-refractivity contribution in [2.75, 3.05) is 13.2 Å². The Kier molecular flexibility index (Phi) is 5.89. The summed E-state index contributed by atoms with van der Waals surface area (Å²) in [4.78, 5) is 35.0. The van der Waals surface area contributed by atoms with Crippen molar-refractivity contribution < 1.29 is 23.6 Å². The van der Waals surface area contributed by atoms with Crippen LogP contribution >= 0.6 is 0 Å². The number of ether oxygens (including phenoxy) is 1. The number of benzene rings is 1. The molecule has 0 aliphatic heterocycles. The molecule has 2 N–H and O–H groups in total. The lowest BCUT2D eigenvalue weighted by atomic mass is 10.2. The molecule has 8 heteroatoms. The lowest BCUT2D eigenvalue weighted by Gasteiger charge is -2.13. The summed E-state index contributed by atoms with van der Waals surface area (Å²) in [6.45, 7) is 3.34. The van der Waals surface area contributed by atoms with Crippen molar-refractivity contribution in [1.29, 1.82) is 0 Å². The first-order chi connectivity index (χ1) is 11.5. The predicted molar refractivity (Wildman–Crippen MR) is 85.0 cm³/mol. The first-order valence-corrected chi connectivity index (χ1v) is 7.57. The number of nitrogens with zero attached hydrogens (tertiary/aromatic N) is 1. The Morgan fingerprint density at radius 3 is 2.79 bits per heavy atom. The van der Waals surface area contributed by atoms with Gasteiger partial charge in [0.15, 0.2) is 12.2 Å². The number of carbonyl (C=O) groups excluding carboxylic acids is 3. The third-order valence-corrected chi connectivity index (χ3v) is 3.25. The Morgan fingerprint density at radius 2 is 2.04 bits per heavy atom. The van der Waals surface area contributed by atoms with Crippen molar-refractivity contribution in [1.82, 2.24) is 15.8 Å². The van der Waals surface area contributed by atoms with Crippen LogP contribution in [0.2, 0.25) is 0 Å². The maximum absolute atomic E-state index is 11.8. The number of hydrogen-bond donors (Lipinski definition) is 2. The molecule has 2 rings (SSSR count). The zero-order valence-corrected chi connectivity index (χ0v) is 13.5. The van der Waals surface area contributed by atoms with Gasteiger partial charge in [0.25, 0.3) is 5.91 Å². The summed E-state index contributed by atoms with van der Waals surface area (Å²) in [5.41, 5.74) is 1.03. The highest BCUT2D eigenvalue weighted by Crippen LogP contribution is 2.18. The first-order valence-electron chi connectivity index (χ1n) is 7.57. The minimum absolute atomic E-state index is 0.101. The van der Waals surface area contributed by atoms with Gasteiger partial charge in [-0.3, -0.25) is 14.4 Å². The van der Waals surface area contributed by atoms with Crippen LogP contribution in [0.15, 0.2) is 28.8 Å². The third kappa shape index (κ3) is 4.55. The SMILES string of the molecule is CCNC(=O)[C@@H](C)NC(=O)COC(=O)Cc1noc2ccccc12. The van der Waals surface area contributed by atoms with Crippen LogP contribution in [0.25, 0.3) is 11.0 Å². The summed E-state index contributed by atoms with van der Waals surface area (Å²) in [6, 6.07) is 6.44. The van der Waals surface area contributed by atoms with Crippen LogP contribution in [-0.2, 0) is 25.5 Å². The van der Waals surface area contributed by atoms with Crippen LogP contribution < -0.4 is 10.6 Å². The van der Waals surface area contributed by atoms with Gasteiger partial charge in [-0.1, -0.05) is 17.3 Å². The molecule has 1 aromatic heterocycles. The zero-order chi connectivity index (χ0) is 17.5. The lowest BCUT2D eigenvalue weighted by Crippen LogP contribution is -2.46. The summed E-state index contributed by atoms with van der Waals surface area (Å²) >= 11 is 0. The highest BCUT2D eigenvalue weighted by atomic mass is 16.5. The van der Waals surface area contributed by atoms with Crippen molar-refractivity contribution in [2.45, 2.75) is 26.3 Å². The van der Waals surface area contributed by atoms with Gasteiger partial charge in [0.2, 0.25) is 5.91 Å². The van der Waals surface area contributed by atoms with Crippen LogP contribution in [0.1, 0.15) is 19.5 Å². The van der Waals surface area contributed by atoms with E-state index >= 15 is 0 Å². The summed E-state index contributed by atoms with van der Waals surface area (Å²) in [5, 5.41) is 9.58. The van der Waals surface area contributed by atoms with E-state index in [0.29, 0.717) is 17.8 Å². The molecular weight excluding hydrogens is 314 g/mol. The smallest absolute Gasteiger partial charge is 0.312 e. The Hall–Kier alpha value is -2.90. The van der Waals surface area contributed by atoms with Crippen LogP contribution in [0.5, 0.6) is 0 Å². The molecule has 24 heavy (non-hydrogen) atoms. The molecule has 0 saturated heterocycles. The van der Waals surface area contributed by atoms with Crippen molar-refractivity contribution in [2.24, 2.45) is 0 Å². The number of amides is 2. The quantitative estimate of drug-likeness (QED) is 0.716. The van der Waals surface area contributed by atoms with Gasteiger partial charge in [0.1, 0.15) is 11.7 Å². The molecule has 0 fully saturated rings. The summed E-state index contributed by atoms with van der Waals surface area (Å²) in [5.74, 6) is -1.45. The van der Waals surface area contributed by atoms with E-state index in [9.17, 15) is 14.4 Å². The zero-order valence-electron chi connectivity index (χ0n) is 13.5. The van der Waals surface area contributed by atoms with Gasteiger partial charge in [-0.2, -0.15) is 0 Å². The lowest BCUT2D eigenvalue weighted by molar-refractivity contribution is -0.148. The Morgan fingerprint density at radius 1 is 1.29 bits per heavy atom. The summed E-state index contributed by atoms with van der Waals surface area (Å²) < 4.78 is 10.00. The van der Waals surface area contributed by atoms with Crippen LogP contribution in [-0.4, -0.2) is 42.1 Å². The second-order valence-electron chi connectivity index (χ2n) is 5.15. The minimum atomic E-state index is -0.698. The van der Waals surface area contributed by atoms with Crippen LogP contribution in [0, 0.1) is 0 Å². The Balaban J connectivity index is 1.80. The van der Waals surface area contributed by atoms with Gasteiger partial charge in [-0.25, -0.2) is 0 Å². The summed E-state index contributed by atoms with van der Waals surface area (Å²) in [7, 11) is 0. The number of aromatic nitrogens is 1. The van der Waals surface area contributed by atoms with Crippen molar-refractivity contribution >= 4 is 28.8 Å². The number of carbonyl (C=O) groups is 3. The van der Waals surface area contributed by atoms with Gasteiger partial charge in [0, 0.05) is 11.9 Å². The van der Waals surface area contributed by atoms with Crippen LogP contribution in [0.4, 0.5) is 0 Å². The molecule has 1 heterocycles. The fourth-order valence-electron chi connectivity index (χ4n) is 2.08. The highest BCUT2D eigenvalue weighted by molar-refractivity contribution is 5.89. The molecule has 1 atom stereocenters. The fraction of sp³-hybridized carbons (Fsp3) is 0.375. The molecule has 2 amide bonds. The number of para-hydroxylation sites is 1. The van der Waals surface area contributed by atoms with Crippen molar-refractivity contribution in [3.05, 3.63) is 30.0 Å². The van der Waals surface area contributed by atoms with E-state index in [-0.39, 0.29) is 12.3 Å². The molecule has 0 radical (unpaired) electrons. The molecule has 0 unspecified atom stereocenters. The maximum atomic E-state index is 11.8. The van der Waals surface area contributed by atoms with Gasteiger partial charge >= 0.3 is 5.97 Å². The maximum Gasteiger partial charge on any atom is 0.312 e. The molecule has 0 aliphatic rings. The van der Waals surface area contributed by atoms with Gasteiger partial charge in [0.05, 0.1) is 6.42 Å². The molecule has 8 nitrogen and oxygen atoms in total. The second kappa shape index (κ2) is 8.09. The molecule has 0 spiro atoms. The monoisotopic (exact) mass is 333 g/mol. The van der Waals surface area contributed by atoms with E-state index in [1.165, 1.54) is 0 Å². The van der Waals surface area contributed by atoms with E-state index in [1.807, 2.05) is 6.07 Å². The number of fused-ring (bicyclic) bond motifs is 1. The van der Waals surface area contributed by atoms with E-state index in [4.69, 9.17) is 9.26 Å². The van der Waals surface area contributed by atoms with Crippen molar-refractivity contribution in [3.63, 3.8) is 0 Å². The highest BCUT2D eigenvalue weighted by Gasteiger charge is 2.17. The molecule has 0 bridgehead atoms. The molecule has 0 saturated carbocycles. The molecule has 128 valence electrons. The molecular formula is C16H19N3O5. The topological polar surface area (TPSA) is 111 Å². The fourth-order valence-corrected chi connectivity index (χ4v) is 2.08. The predicted octanol–water partition coefficient (Wildman–Crippen LogP) is 0.554. The second-order valence-corrected chi connectivity index (χ2v) is 5.15. The Bertz CT molecular complexity index is 740. The minimum Gasteiger partial charge on any atom is -0.455 e. The molecule has 2 aromatic rings. The number of hydrogen-bond acceptors (Lipinski definition) is 6. The number of esters is 1. The van der Waals surface area contributed by atoms with Crippen molar-refractivity contribution in [3.8, 4) is 0 Å². The first kappa shape index (κ1) is 17.5. The third-order valence-electron chi connectivity index (χ3n) is 3.25. The van der Waals surface area contributed by atoms with Gasteiger partial charge < -0.3 is 19.9 Å². The molecule has 0 aliphatic carbocycles. The van der Waals surface area contributed by atoms with Gasteiger partial charge in [-0.15, -0.1) is 0 Å². The largest absolute Gasteiger partial charge is 0.455 e. The number of nitrogens with one attached hydrogen (secondary N) is 2. The number of likely N-dealkylation sites (N-methyl/N-ethyl adjacent to an activating group) is 1. The summed E-state index contributed by atoms with van der Waals surface area (Å²) in [6.07, 6.45) is -0.101. The van der Waals surface area contributed by atoms with E-state index in [1.54, 1.807) is 32.0 Å². The van der Waals surface area contributed by atoms with E-state index in [0.717, 1.165) is 5.39 Å². The molecule has 1 aromatic carbocycles. The number of rotatable bonds is 7. The normalized spacial score (nSPS) is 11.8. The van der Waals surface area contributed by atoms with Gasteiger partial charge in [-0.05, 0) is 26.0 Å². The van der Waals surface area contributed by atoms with Crippen LogP contribution in [0.3, 0.4) is 0 Å². The average Bonchev–Trinajstić information content (AvgIpc) is 2.96.